The summed E-state index contributed by atoms with van der Waals surface area (Å²) in [4.78, 5) is 37.3. The van der Waals surface area contributed by atoms with Gasteiger partial charge in [-0.05, 0) is 64.7 Å². The van der Waals surface area contributed by atoms with Crippen molar-refractivity contribution < 1.29 is 24.6 Å². The van der Waals surface area contributed by atoms with E-state index < -0.39 is 5.97 Å². The van der Waals surface area contributed by atoms with E-state index in [1.165, 1.54) is 34.8 Å². The minimum atomic E-state index is -1.16. The summed E-state index contributed by atoms with van der Waals surface area (Å²) in [6, 6.07) is 16.5. The first kappa shape index (κ1) is 22.3. The van der Waals surface area contributed by atoms with Gasteiger partial charge in [-0.2, -0.15) is 0 Å². The maximum absolute atomic E-state index is 12.3. The topological polar surface area (TPSA) is 116 Å². The number of carbonyl (C=O) groups is 3. The average Bonchev–Trinajstić information content (AvgIpc) is 3.51. The molecule has 0 saturated heterocycles. The van der Waals surface area contributed by atoms with Crippen LogP contribution in [0.1, 0.15) is 40.8 Å². The number of carboxylic acid groups (broad SMARTS) is 1. The lowest BCUT2D eigenvalue weighted by atomic mass is 10.0. The molecule has 0 spiro atoms. The number of thiophene rings is 2. The van der Waals surface area contributed by atoms with E-state index in [1.54, 1.807) is 59.3 Å². The third-order valence-corrected chi connectivity index (χ3v) is 6.51. The largest absolute Gasteiger partial charge is 0.506 e. The normalized spacial score (nSPS) is 10.5. The molecule has 0 atom stereocenters. The maximum Gasteiger partial charge on any atom is 0.337 e. The summed E-state index contributed by atoms with van der Waals surface area (Å²) in [6.07, 6.45) is 0.353. The van der Waals surface area contributed by atoms with Crippen molar-refractivity contribution in [1.29, 1.82) is 0 Å². The SMILES string of the molecule is O=C(Nc1ccc(Cc2ccc(NC(=O)c3cccs3)c(C(=O)O)c2)cc1O)c1cccs1. The van der Waals surface area contributed by atoms with Crippen LogP contribution >= 0.6 is 22.7 Å². The summed E-state index contributed by atoms with van der Waals surface area (Å²) in [5, 5.41) is 28.8. The number of phenols is 1. The summed E-state index contributed by atoms with van der Waals surface area (Å²) in [5.74, 6) is -1.92. The predicted octanol–water partition coefficient (Wildman–Crippen LogP) is 5.31. The zero-order chi connectivity index (χ0) is 23.4. The minimum Gasteiger partial charge on any atom is -0.506 e. The van der Waals surface area contributed by atoms with Gasteiger partial charge in [0.15, 0.2) is 0 Å². The fourth-order valence-corrected chi connectivity index (χ4v) is 4.44. The summed E-state index contributed by atoms with van der Waals surface area (Å²) in [7, 11) is 0. The number of phenolic OH excluding ortho intramolecular Hbond substituents is 1. The number of anilines is 2. The smallest absolute Gasteiger partial charge is 0.337 e. The molecule has 0 aliphatic heterocycles. The van der Waals surface area contributed by atoms with Crippen LogP contribution in [-0.2, 0) is 6.42 Å². The molecule has 0 aliphatic carbocycles. The Morgan fingerprint density at radius 1 is 0.758 bits per heavy atom. The number of carboxylic acids is 1. The lowest BCUT2D eigenvalue weighted by Crippen LogP contribution is -2.14. The van der Waals surface area contributed by atoms with Crippen LogP contribution in [0.5, 0.6) is 5.75 Å². The predicted molar refractivity (Wildman–Crippen MR) is 129 cm³/mol. The molecule has 2 aromatic heterocycles. The van der Waals surface area contributed by atoms with Crippen molar-refractivity contribution >= 4 is 51.8 Å². The van der Waals surface area contributed by atoms with Crippen LogP contribution in [0.2, 0.25) is 0 Å². The van der Waals surface area contributed by atoms with Crippen molar-refractivity contribution in [3.8, 4) is 5.75 Å². The first-order valence-electron chi connectivity index (χ1n) is 9.78. The Hall–Kier alpha value is -3.95. The van der Waals surface area contributed by atoms with Crippen molar-refractivity contribution in [3.63, 3.8) is 0 Å². The van der Waals surface area contributed by atoms with Crippen molar-refractivity contribution in [2.24, 2.45) is 0 Å². The van der Waals surface area contributed by atoms with Crippen molar-refractivity contribution in [3.05, 3.63) is 97.9 Å². The van der Waals surface area contributed by atoms with Crippen LogP contribution in [0.25, 0.3) is 0 Å². The first-order chi connectivity index (χ1) is 15.9. The molecule has 0 bridgehead atoms. The van der Waals surface area contributed by atoms with E-state index in [2.05, 4.69) is 10.6 Å². The minimum absolute atomic E-state index is 0.0264. The second-order valence-electron chi connectivity index (χ2n) is 7.08. The molecule has 2 aromatic carbocycles. The van der Waals surface area contributed by atoms with Crippen LogP contribution in [0.4, 0.5) is 11.4 Å². The molecule has 4 aromatic rings. The number of aromatic hydroxyl groups is 1. The molecule has 0 aliphatic rings. The molecular formula is C24H18N2O5S2. The highest BCUT2D eigenvalue weighted by molar-refractivity contribution is 7.12. The molecule has 33 heavy (non-hydrogen) atoms. The summed E-state index contributed by atoms with van der Waals surface area (Å²) in [5.41, 5.74) is 1.89. The third-order valence-electron chi connectivity index (χ3n) is 4.77. The van der Waals surface area contributed by atoms with Gasteiger partial charge in [-0.1, -0.05) is 24.3 Å². The van der Waals surface area contributed by atoms with Gasteiger partial charge in [-0.15, -0.1) is 22.7 Å². The van der Waals surface area contributed by atoms with Crippen molar-refractivity contribution in [2.45, 2.75) is 6.42 Å². The van der Waals surface area contributed by atoms with Gasteiger partial charge in [0.25, 0.3) is 11.8 Å². The Morgan fingerprint density at radius 2 is 1.30 bits per heavy atom. The van der Waals surface area contributed by atoms with Crippen molar-refractivity contribution in [1.82, 2.24) is 0 Å². The van der Waals surface area contributed by atoms with Gasteiger partial charge in [0.05, 0.1) is 26.7 Å². The van der Waals surface area contributed by atoms with Gasteiger partial charge in [-0.25, -0.2) is 4.79 Å². The quantitative estimate of drug-likeness (QED) is 0.269. The molecule has 0 saturated carbocycles. The Morgan fingerprint density at radius 3 is 1.82 bits per heavy atom. The molecule has 9 heteroatoms. The van der Waals surface area contributed by atoms with Crippen molar-refractivity contribution in [2.75, 3.05) is 10.6 Å². The summed E-state index contributed by atoms with van der Waals surface area (Å²) in [6.45, 7) is 0. The maximum atomic E-state index is 12.3. The number of amides is 2. The van der Waals surface area contributed by atoms with Gasteiger partial charge in [0, 0.05) is 0 Å². The van der Waals surface area contributed by atoms with Crippen LogP contribution < -0.4 is 10.6 Å². The third kappa shape index (κ3) is 5.28. The highest BCUT2D eigenvalue weighted by Gasteiger charge is 2.16. The molecular weight excluding hydrogens is 460 g/mol. The fourth-order valence-electron chi connectivity index (χ4n) is 3.20. The molecule has 2 heterocycles. The zero-order valence-electron chi connectivity index (χ0n) is 17.1. The van der Waals surface area contributed by atoms with Gasteiger partial charge in [0.1, 0.15) is 5.75 Å². The van der Waals surface area contributed by atoms with Gasteiger partial charge >= 0.3 is 5.97 Å². The lowest BCUT2D eigenvalue weighted by Gasteiger charge is -2.11. The summed E-state index contributed by atoms with van der Waals surface area (Å²) >= 11 is 2.57. The highest BCUT2D eigenvalue weighted by Crippen LogP contribution is 2.28. The van der Waals surface area contributed by atoms with E-state index in [0.717, 1.165) is 5.56 Å². The van der Waals surface area contributed by atoms with E-state index >= 15 is 0 Å². The van der Waals surface area contributed by atoms with E-state index in [9.17, 15) is 24.6 Å². The standard InChI is InChI=1S/C24H18N2O5S2/c27-19-13-15(6-8-18(19)26-23(29)21-4-2-10-33-21)11-14-5-7-17(16(12-14)24(30)31)25-22(28)20-3-1-9-32-20/h1-10,12-13,27H,11H2,(H,25,28)(H,26,29)(H,30,31). The Bertz CT molecular complexity index is 1310. The molecule has 166 valence electrons. The summed E-state index contributed by atoms with van der Waals surface area (Å²) < 4.78 is 0. The molecule has 0 radical (unpaired) electrons. The highest BCUT2D eigenvalue weighted by atomic mass is 32.1. The van der Waals surface area contributed by atoms with E-state index in [-0.39, 0.29) is 34.5 Å². The van der Waals surface area contributed by atoms with Crippen LogP contribution in [-0.4, -0.2) is 28.0 Å². The molecule has 4 N–H and O–H groups in total. The van der Waals surface area contributed by atoms with E-state index in [1.807, 2.05) is 0 Å². The van der Waals surface area contributed by atoms with Crippen LogP contribution in [0.3, 0.4) is 0 Å². The number of hydrogen-bond acceptors (Lipinski definition) is 6. The number of benzene rings is 2. The van der Waals surface area contributed by atoms with E-state index in [0.29, 0.717) is 21.7 Å². The number of hydrogen-bond donors (Lipinski definition) is 4. The Kier molecular flexibility index (Phi) is 6.53. The second kappa shape index (κ2) is 9.68. The Labute approximate surface area is 197 Å². The first-order valence-corrected chi connectivity index (χ1v) is 11.5. The zero-order valence-corrected chi connectivity index (χ0v) is 18.7. The molecule has 4 rings (SSSR count). The monoisotopic (exact) mass is 478 g/mol. The Balaban J connectivity index is 1.49. The molecule has 0 unspecified atom stereocenters. The van der Waals surface area contributed by atoms with Crippen LogP contribution in [0, 0.1) is 0 Å². The number of rotatable bonds is 7. The second-order valence-corrected chi connectivity index (χ2v) is 8.97. The number of nitrogens with one attached hydrogen (secondary N) is 2. The fraction of sp³-hybridized carbons (Fsp3) is 0.0417. The molecule has 2 amide bonds. The number of carbonyl (C=O) groups excluding carboxylic acids is 2. The average molecular weight is 479 g/mol. The lowest BCUT2D eigenvalue weighted by molar-refractivity contribution is 0.0697. The van der Waals surface area contributed by atoms with Gasteiger partial charge in [0.2, 0.25) is 0 Å². The van der Waals surface area contributed by atoms with E-state index in [4.69, 9.17) is 0 Å². The van der Waals surface area contributed by atoms with Gasteiger partial charge < -0.3 is 20.8 Å². The molecule has 0 fully saturated rings. The van der Waals surface area contributed by atoms with Crippen LogP contribution in [0.15, 0.2) is 71.4 Å². The number of aromatic carboxylic acids is 1. The van der Waals surface area contributed by atoms with Gasteiger partial charge in [-0.3, -0.25) is 9.59 Å². The molecule has 7 nitrogen and oxygen atoms in total.